The van der Waals surface area contributed by atoms with Crippen molar-refractivity contribution in [2.45, 2.75) is 6.54 Å². The Morgan fingerprint density at radius 3 is 2.57 bits per heavy atom. The van der Waals surface area contributed by atoms with E-state index in [0.29, 0.717) is 16.7 Å². The molecule has 2 rings (SSSR count). The standard InChI is InChI=1S/C15H14BrClN2OS/c1-20-12-5-2-10(3-6-12)9-18-15(21)19-11-4-7-13(16)14(17)8-11/h2-8H,9H2,1H3,(H2,18,19,21). The van der Waals surface area contributed by atoms with E-state index in [2.05, 4.69) is 26.6 Å². The Balaban J connectivity index is 1.87. The molecule has 0 atom stereocenters. The van der Waals surface area contributed by atoms with Crippen LogP contribution >= 0.6 is 39.7 Å². The minimum absolute atomic E-state index is 0.546. The fourth-order valence-corrected chi connectivity index (χ4v) is 2.29. The first-order valence-corrected chi connectivity index (χ1v) is 7.79. The van der Waals surface area contributed by atoms with Gasteiger partial charge in [-0.05, 0) is 64.0 Å². The summed E-state index contributed by atoms with van der Waals surface area (Å²) in [6, 6.07) is 13.4. The minimum Gasteiger partial charge on any atom is -0.497 e. The summed E-state index contributed by atoms with van der Waals surface area (Å²) in [5.74, 6) is 0.837. The zero-order chi connectivity index (χ0) is 15.2. The Morgan fingerprint density at radius 2 is 1.95 bits per heavy atom. The second kappa shape index (κ2) is 7.64. The van der Waals surface area contributed by atoms with Gasteiger partial charge in [-0.15, -0.1) is 0 Å². The molecule has 0 amide bonds. The maximum Gasteiger partial charge on any atom is 0.171 e. The maximum absolute atomic E-state index is 6.04. The van der Waals surface area contributed by atoms with Gasteiger partial charge in [0.2, 0.25) is 0 Å². The summed E-state index contributed by atoms with van der Waals surface area (Å²) in [6.07, 6.45) is 0. The van der Waals surface area contributed by atoms with Gasteiger partial charge in [-0.25, -0.2) is 0 Å². The average Bonchev–Trinajstić information content (AvgIpc) is 2.49. The van der Waals surface area contributed by atoms with E-state index in [1.165, 1.54) is 0 Å². The van der Waals surface area contributed by atoms with Crippen molar-refractivity contribution in [3.8, 4) is 5.75 Å². The van der Waals surface area contributed by atoms with Crippen molar-refractivity contribution in [2.75, 3.05) is 12.4 Å². The number of benzene rings is 2. The SMILES string of the molecule is COc1ccc(CNC(=S)Nc2ccc(Br)c(Cl)c2)cc1. The van der Waals surface area contributed by atoms with Gasteiger partial charge < -0.3 is 15.4 Å². The first-order chi connectivity index (χ1) is 10.1. The van der Waals surface area contributed by atoms with Crippen LogP contribution in [0, 0.1) is 0 Å². The topological polar surface area (TPSA) is 33.3 Å². The van der Waals surface area contributed by atoms with Crippen molar-refractivity contribution in [3.63, 3.8) is 0 Å². The van der Waals surface area contributed by atoms with Crippen LogP contribution in [0.3, 0.4) is 0 Å². The highest BCUT2D eigenvalue weighted by molar-refractivity contribution is 9.10. The molecule has 0 saturated heterocycles. The van der Waals surface area contributed by atoms with Crippen LogP contribution in [0.15, 0.2) is 46.9 Å². The van der Waals surface area contributed by atoms with Gasteiger partial charge in [-0.2, -0.15) is 0 Å². The molecule has 0 aliphatic rings. The summed E-state index contributed by atoms with van der Waals surface area (Å²) in [6.45, 7) is 0.639. The molecule has 0 aromatic heterocycles. The highest BCUT2D eigenvalue weighted by Gasteiger charge is 2.02. The van der Waals surface area contributed by atoms with Gasteiger partial charge in [0.05, 0.1) is 12.1 Å². The highest BCUT2D eigenvalue weighted by atomic mass is 79.9. The second-order valence-corrected chi connectivity index (χ2v) is 5.95. The number of methoxy groups -OCH3 is 1. The van der Waals surface area contributed by atoms with Crippen molar-refractivity contribution in [2.24, 2.45) is 0 Å². The maximum atomic E-state index is 6.04. The lowest BCUT2D eigenvalue weighted by Crippen LogP contribution is -2.27. The van der Waals surface area contributed by atoms with Crippen LogP contribution in [0.1, 0.15) is 5.56 Å². The molecule has 0 bridgehead atoms. The smallest absolute Gasteiger partial charge is 0.171 e. The zero-order valence-corrected chi connectivity index (χ0v) is 14.5. The van der Waals surface area contributed by atoms with Gasteiger partial charge in [-0.3, -0.25) is 0 Å². The summed E-state index contributed by atoms with van der Waals surface area (Å²) < 4.78 is 5.97. The largest absolute Gasteiger partial charge is 0.497 e. The van der Waals surface area contributed by atoms with Gasteiger partial charge in [-0.1, -0.05) is 23.7 Å². The normalized spacial score (nSPS) is 10.0. The van der Waals surface area contributed by atoms with Crippen LogP contribution in [0.4, 0.5) is 5.69 Å². The van der Waals surface area contributed by atoms with Crippen molar-refractivity contribution in [1.82, 2.24) is 5.32 Å². The molecule has 0 heterocycles. The van der Waals surface area contributed by atoms with E-state index < -0.39 is 0 Å². The molecule has 3 nitrogen and oxygen atoms in total. The number of hydrogen-bond donors (Lipinski definition) is 2. The van der Waals surface area contributed by atoms with E-state index in [4.69, 9.17) is 28.6 Å². The number of nitrogens with one attached hydrogen (secondary N) is 2. The molecule has 0 unspecified atom stereocenters. The van der Waals surface area contributed by atoms with Crippen LogP contribution in [0.2, 0.25) is 5.02 Å². The molecular formula is C15H14BrClN2OS. The first kappa shape index (κ1) is 16.1. The second-order valence-electron chi connectivity index (χ2n) is 4.28. The van der Waals surface area contributed by atoms with Crippen LogP contribution in [-0.2, 0) is 6.54 Å². The third-order valence-corrected chi connectivity index (χ3v) is 4.27. The highest BCUT2D eigenvalue weighted by Crippen LogP contribution is 2.25. The Hall–Kier alpha value is -1.30. The Kier molecular flexibility index (Phi) is 5.85. The molecule has 0 fully saturated rings. The molecule has 110 valence electrons. The number of hydrogen-bond acceptors (Lipinski definition) is 2. The number of halogens is 2. The predicted octanol–water partition coefficient (Wildman–Crippen LogP) is 4.60. The molecule has 0 aliphatic heterocycles. The average molecular weight is 386 g/mol. The van der Waals surface area contributed by atoms with Crippen LogP contribution < -0.4 is 15.4 Å². The predicted molar refractivity (Wildman–Crippen MR) is 95.2 cm³/mol. The molecule has 6 heteroatoms. The van der Waals surface area contributed by atoms with Crippen molar-refractivity contribution >= 4 is 50.5 Å². The van der Waals surface area contributed by atoms with Gasteiger partial charge in [0.15, 0.2) is 5.11 Å². The summed E-state index contributed by atoms with van der Waals surface area (Å²) in [5.41, 5.74) is 1.96. The van der Waals surface area contributed by atoms with E-state index in [1.54, 1.807) is 7.11 Å². The number of anilines is 1. The Bertz CT molecular complexity index is 634. The Morgan fingerprint density at radius 1 is 1.24 bits per heavy atom. The van der Waals surface area contributed by atoms with Gasteiger partial charge in [0.25, 0.3) is 0 Å². The number of ether oxygens (including phenoxy) is 1. The third kappa shape index (κ3) is 4.88. The van der Waals surface area contributed by atoms with Crippen LogP contribution in [0.5, 0.6) is 5.75 Å². The lowest BCUT2D eigenvalue weighted by atomic mass is 10.2. The molecule has 21 heavy (non-hydrogen) atoms. The summed E-state index contributed by atoms with van der Waals surface area (Å²) in [5, 5.41) is 7.42. The van der Waals surface area contributed by atoms with Gasteiger partial charge in [0.1, 0.15) is 5.75 Å². The van der Waals surface area contributed by atoms with Gasteiger partial charge in [0, 0.05) is 16.7 Å². The summed E-state index contributed by atoms with van der Waals surface area (Å²) in [7, 11) is 1.65. The number of rotatable bonds is 4. The molecule has 2 aromatic rings. The zero-order valence-electron chi connectivity index (χ0n) is 11.3. The molecule has 0 radical (unpaired) electrons. The van der Waals surface area contributed by atoms with Crippen LogP contribution in [0.25, 0.3) is 0 Å². The molecule has 2 aromatic carbocycles. The van der Waals surface area contributed by atoms with Crippen molar-refractivity contribution < 1.29 is 4.74 Å². The summed E-state index contributed by atoms with van der Waals surface area (Å²) >= 11 is 14.6. The van der Waals surface area contributed by atoms with E-state index in [1.807, 2.05) is 42.5 Å². The first-order valence-electron chi connectivity index (χ1n) is 6.21. The van der Waals surface area contributed by atoms with E-state index in [0.717, 1.165) is 21.5 Å². The number of thiocarbonyl (C=S) groups is 1. The lowest BCUT2D eigenvalue weighted by Gasteiger charge is -2.11. The van der Waals surface area contributed by atoms with Gasteiger partial charge >= 0.3 is 0 Å². The van der Waals surface area contributed by atoms with E-state index >= 15 is 0 Å². The monoisotopic (exact) mass is 384 g/mol. The van der Waals surface area contributed by atoms with E-state index in [-0.39, 0.29) is 0 Å². The van der Waals surface area contributed by atoms with Crippen molar-refractivity contribution in [3.05, 3.63) is 57.5 Å². The van der Waals surface area contributed by atoms with E-state index in [9.17, 15) is 0 Å². The molecule has 0 aliphatic carbocycles. The Labute approximate surface area is 142 Å². The molecule has 2 N–H and O–H groups in total. The van der Waals surface area contributed by atoms with Crippen LogP contribution in [-0.4, -0.2) is 12.2 Å². The quantitative estimate of drug-likeness (QED) is 0.754. The minimum atomic E-state index is 0.546. The fourth-order valence-electron chi connectivity index (χ4n) is 1.67. The molecular weight excluding hydrogens is 372 g/mol. The third-order valence-electron chi connectivity index (χ3n) is 2.79. The molecule has 0 spiro atoms. The summed E-state index contributed by atoms with van der Waals surface area (Å²) in [4.78, 5) is 0. The fraction of sp³-hybridized carbons (Fsp3) is 0.133. The lowest BCUT2D eigenvalue weighted by molar-refractivity contribution is 0.414. The molecule has 0 saturated carbocycles. The van der Waals surface area contributed by atoms with Crippen molar-refractivity contribution in [1.29, 1.82) is 0 Å².